The molecule has 0 saturated heterocycles. The Bertz CT molecular complexity index is 2070. The molecule has 52 heavy (non-hydrogen) atoms. The number of benzene rings is 3. The maximum Gasteiger partial charge on any atom is 0.476 e. The van der Waals surface area contributed by atoms with Gasteiger partial charge in [-0.3, -0.25) is 15.0 Å². The number of nitrogens with one attached hydrogen (secondary N) is 1. The SMILES string of the molecule is CC(=O)OC(c1ccccc1NC(=O)Oc1nn(C[C@](O)(c2cc(F)ccc2F)[C@@H](C)c2nc(-c3ccc(C#N)cc3)cs2)c[n+]1C)N(C)C.Cl.[Cl-]. The van der Waals surface area contributed by atoms with E-state index in [1.54, 1.807) is 86.9 Å². The van der Waals surface area contributed by atoms with E-state index in [2.05, 4.69) is 21.5 Å². The molecular weight excluding hydrogens is 739 g/mol. The first-order valence-electron chi connectivity index (χ1n) is 15.3. The maximum atomic E-state index is 15.3. The molecule has 12 nitrogen and oxygen atoms in total. The number of para-hydroxylation sites is 1. The second-order valence-corrected chi connectivity index (χ2v) is 12.7. The van der Waals surface area contributed by atoms with Crippen LogP contribution in [-0.2, 0) is 28.7 Å². The van der Waals surface area contributed by atoms with Crippen LogP contribution in [-0.4, -0.2) is 50.9 Å². The molecule has 1 unspecified atom stereocenters. The fourth-order valence-electron chi connectivity index (χ4n) is 5.34. The molecule has 2 heterocycles. The van der Waals surface area contributed by atoms with Gasteiger partial charge in [-0.2, -0.15) is 5.26 Å². The highest BCUT2D eigenvalue weighted by Crippen LogP contribution is 2.41. The molecule has 3 aromatic carbocycles. The number of aliphatic hydroxyl groups is 1. The third kappa shape index (κ3) is 9.27. The number of nitriles is 1. The van der Waals surface area contributed by atoms with Crippen LogP contribution in [0.4, 0.5) is 19.3 Å². The molecule has 5 rings (SSSR count). The van der Waals surface area contributed by atoms with Gasteiger partial charge in [0.2, 0.25) is 6.33 Å². The Morgan fingerprint density at radius 1 is 1.15 bits per heavy atom. The van der Waals surface area contributed by atoms with Gasteiger partial charge in [0, 0.05) is 34.9 Å². The number of aryl methyl sites for hydroxylation is 1. The molecule has 1 amide bonds. The first-order chi connectivity index (χ1) is 23.8. The van der Waals surface area contributed by atoms with E-state index < -0.39 is 41.4 Å². The van der Waals surface area contributed by atoms with E-state index in [0.29, 0.717) is 27.5 Å². The summed E-state index contributed by atoms with van der Waals surface area (Å²) < 4.78 is 43.4. The Morgan fingerprint density at radius 2 is 1.85 bits per heavy atom. The molecule has 0 saturated carbocycles. The lowest BCUT2D eigenvalue weighted by molar-refractivity contribution is -0.676. The smallest absolute Gasteiger partial charge is 0.476 e. The molecule has 0 bridgehead atoms. The molecule has 0 aliphatic rings. The second kappa shape index (κ2) is 17.5. The highest BCUT2D eigenvalue weighted by atomic mass is 35.5. The lowest BCUT2D eigenvalue weighted by atomic mass is 9.82. The van der Waals surface area contributed by atoms with Gasteiger partial charge in [0.05, 0.1) is 40.2 Å². The van der Waals surface area contributed by atoms with Crippen molar-refractivity contribution in [1.82, 2.24) is 19.7 Å². The molecule has 2 N–H and O–H groups in total. The number of esters is 1. The molecule has 2 aromatic heterocycles. The summed E-state index contributed by atoms with van der Waals surface area (Å²) in [5.74, 6) is -2.97. The Balaban J connectivity index is 0.00000364. The van der Waals surface area contributed by atoms with Crippen molar-refractivity contribution in [3.63, 3.8) is 0 Å². The van der Waals surface area contributed by atoms with Crippen molar-refractivity contribution in [3.05, 3.63) is 112 Å². The zero-order chi connectivity index (χ0) is 36.2. The number of amides is 1. The minimum absolute atomic E-state index is 0. The number of carbonyl (C=O) groups is 2. The summed E-state index contributed by atoms with van der Waals surface area (Å²) >= 11 is 1.23. The molecule has 0 radical (unpaired) electrons. The molecule has 0 aliphatic heterocycles. The van der Waals surface area contributed by atoms with Crippen molar-refractivity contribution in [2.45, 2.75) is 38.1 Å². The van der Waals surface area contributed by atoms with Gasteiger partial charge in [-0.1, -0.05) is 37.3 Å². The molecule has 0 spiro atoms. The highest BCUT2D eigenvalue weighted by molar-refractivity contribution is 7.10. The average molecular weight is 775 g/mol. The highest BCUT2D eigenvalue weighted by Gasteiger charge is 2.44. The maximum absolute atomic E-state index is 15.3. The number of aromatic nitrogens is 4. The number of anilines is 1. The number of rotatable bonds is 11. The van der Waals surface area contributed by atoms with Crippen LogP contribution in [0.25, 0.3) is 11.3 Å². The molecule has 17 heteroatoms. The van der Waals surface area contributed by atoms with Crippen LogP contribution in [0.15, 0.2) is 78.4 Å². The van der Waals surface area contributed by atoms with Crippen molar-refractivity contribution in [2.75, 3.05) is 19.4 Å². The first kappa shape index (κ1) is 41.4. The van der Waals surface area contributed by atoms with Crippen molar-refractivity contribution in [1.29, 1.82) is 5.26 Å². The van der Waals surface area contributed by atoms with Gasteiger partial charge in [0.15, 0.2) is 6.23 Å². The Kier molecular flexibility index (Phi) is 13.9. The first-order valence-corrected chi connectivity index (χ1v) is 16.2. The fraction of sp³-hybridized carbons (Fsp3) is 0.257. The van der Waals surface area contributed by atoms with Crippen molar-refractivity contribution in [3.8, 4) is 23.3 Å². The van der Waals surface area contributed by atoms with Gasteiger partial charge < -0.3 is 27.0 Å². The zero-order valence-corrected chi connectivity index (χ0v) is 31.0. The topological polar surface area (TPSA) is 146 Å². The van der Waals surface area contributed by atoms with Crippen molar-refractivity contribution >= 4 is 41.5 Å². The molecule has 5 aromatic rings. The number of halogens is 4. The number of hydrogen-bond donors (Lipinski definition) is 2. The van der Waals surface area contributed by atoms with Gasteiger partial charge in [0.1, 0.15) is 23.8 Å². The van der Waals surface area contributed by atoms with Crippen LogP contribution in [0.3, 0.4) is 0 Å². The largest absolute Gasteiger partial charge is 1.00 e. The fourth-order valence-corrected chi connectivity index (χ4v) is 6.31. The van der Waals surface area contributed by atoms with Crippen LogP contribution in [0.5, 0.6) is 6.01 Å². The summed E-state index contributed by atoms with van der Waals surface area (Å²) in [6, 6.07) is 18.3. The van der Waals surface area contributed by atoms with E-state index >= 15 is 4.39 Å². The van der Waals surface area contributed by atoms with E-state index in [4.69, 9.17) is 14.7 Å². The van der Waals surface area contributed by atoms with Gasteiger partial charge in [-0.05, 0) is 50.5 Å². The average Bonchev–Trinajstić information content (AvgIpc) is 3.71. The summed E-state index contributed by atoms with van der Waals surface area (Å²) in [4.78, 5) is 31.1. The van der Waals surface area contributed by atoms with E-state index in [1.807, 2.05) is 0 Å². The summed E-state index contributed by atoms with van der Waals surface area (Å²) in [5.41, 5.74) is 0.253. The predicted octanol–water partition coefficient (Wildman–Crippen LogP) is 2.83. The number of thiazole rings is 1. The molecule has 0 aliphatic carbocycles. The molecule has 0 fully saturated rings. The third-order valence-electron chi connectivity index (χ3n) is 7.93. The lowest BCUT2D eigenvalue weighted by Gasteiger charge is -2.32. The van der Waals surface area contributed by atoms with Gasteiger partial charge in [0.25, 0.3) is 0 Å². The standard InChI is InChI=1S/C35H33F2N7O5S.2ClH/c1-21(31-39-30(18-50-31)24-12-10-23(17-38)11-13-24)35(47,27-16-25(36)14-15-28(27)37)19-44-20-43(5)33(41-44)49-34(46)40-29-9-7-6-8-26(29)32(42(3)4)48-22(2)45;;/h6-16,18,20-21,32,47H,19H2,1-5H3;2*1H/t21-,32?,35+;;/m0../s1. The van der Waals surface area contributed by atoms with Crippen LogP contribution < -0.4 is 27.0 Å². The molecule has 274 valence electrons. The van der Waals surface area contributed by atoms with Crippen LogP contribution in [0.1, 0.15) is 47.7 Å². The van der Waals surface area contributed by atoms with E-state index in [0.717, 1.165) is 23.8 Å². The Labute approximate surface area is 315 Å². The zero-order valence-electron chi connectivity index (χ0n) is 28.6. The normalized spacial score (nSPS) is 13.1. The molecule has 3 atom stereocenters. The van der Waals surface area contributed by atoms with E-state index in [9.17, 15) is 19.1 Å². The number of ether oxygens (including phenoxy) is 2. The summed E-state index contributed by atoms with van der Waals surface area (Å²) in [6.07, 6.45) is -0.269. The van der Waals surface area contributed by atoms with E-state index in [-0.39, 0.29) is 42.9 Å². The van der Waals surface area contributed by atoms with Crippen LogP contribution >= 0.6 is 23.7 Å². The summed E-state index contributed by atoms with van der Waals surface area (Å²) in [6.45, 7) is 2.55. The molecular formula is C35H35Cl2F2N7O5S. The minimum atomic E-state index is -2.08. The summed E-state index contributed by atoms with van der Waals surface area (Å²) in [7, 11) is 4.99. The van der Waals surface area contributed by atoms with Crippen molar-refractivity contribution in [2.24, 2.45) is 7.05 Å². The predicted molar refractivity (Wildman–Crippen MR) is 186 cm³/mol. The summed E-state index contributed by atoms with van der Waals surface area (Å²) in [5, 5.41) is 30.6. The van der Waals surface area contributed by atoms with Crippen molar-refractivity contribution < 1.29 is 49.9 Å². The second-order valence-electron chi connectivity index (χ2n) is 11.8. The monoisotopic (exact) mass is 773 g/mol. The quantitative estimate of drug-likeness (QED) is 0.118. The number of nitrogens with zero attached hydrogens (tertiary/aromatic N) is 6. The Morgan fingerprint density at radius 3 is 2.50 bits per heavy atom. The van der Waals surface area contributed by atoms with Gasteiger partial charge >= 0.3 is 18.1 Å². The Hall–Kier alpha value is -4.98. The van der Waals surface area contributed by atoms with Crippen LogP contribution in [0, 0.1) is 23.0 Å². The van der Waals surface area contributed by atoms with E-state index in [1.165, 1.54) is 33.8 Å². The third-order valence-corrected chi connectivity index (χ3v) is 8.96. The van der Waals surface area contributed by atoms with Gasteiger partial charge in [-0.25, -0.2) is 23.1 Å². The number of carbonyl (C=O) groups excluding carboxylic acids is 2. The van der Waals surface area contributed by atoms with Crippen LogP contribution in [0.2, 0.25) is 0 Å². The minimum Gasteiger partial charge on any atom is -1.00 e. The van der Waals surface area contributed by atoms with Gasteiger partial charge in [-0.15, -0.1) is 28.4 Å². The number of hydrogen-bond acceptors (Lipinski definition) is 10. The lowest BCUT2D eigenvalue weighted by Crippen LogP contribution is -3.00.